The molecule has 1 aromatic rings. The lowest BCUT2D eigenvalue weighted by atomic mass is 10.1. The summed E-state index contributed by atoms with van der Waals surface area (Å²) >= 11 is 0. The van der Waals surface area contributed by atoms with Crippen LogP contribution in [-0.4, -0.2) is 55.0 Å². The fraction of sp³-hybridized carbons (Fsp3) is 0.500. The first-order chi connectivity index (χ1) is 10.6. The van der Waals surface area contributed by atoms with Crippen molar-refractivity contribution in [1.82, 2.24) is 9.80 Å². The van der Waals surface area contributed by atoms with Gasteiger partial charge in [-0.2, -0.15) is 0 Å². The first kappa shape index (κ1) is 16.3. The van der Waals surface area contributed by atoms with Crippen LogP contribution in [0.25, 0.3) is 0 Å². The third-order valence-corrected chi connectivity index (χ3v) is 3.86. The fourth-order valence-electron chi connectivity index (χ4n) is 2.63. The number of amides is 2. The molecular weight excluding hydrogens is 282 g/mol. The summed E-state index contributed by atoms with van der Waals surface area (Å²) in [5.41, 5.74) is 6.33. The molecule has 0 aliphatic carbocycles. The fourth-order valence-corrected chi connectivity index (χ4v) is 2.63. The van der Waals surface area contributed by atoms with E-state index in [9.17, 15) is 9.59 Å². The van der Waals surface area contributed by atoms with Crippen molar-refractivity contribution in [3.05, 3.63) is 35.9 Å². The maximum Gasteiger partial charge on any atom is 0.409 e. The number of carbonyl (C=O) groups is 2. The van der Waals surface area contributed by atoms with Crippen molar-refractivity contribution >= 4 is 12.0 Å². The van der Waals surface area contributed by atoms with E-state index >= 15 is 0 Å². The molecule has 1 atom stereocenters. The van der Waals surface area contributed by atoms with Crippen LogP contribution in [0.1, 0.15) is 12.0 Å². The zero-order valence-corrected chi connectivity index (χ0v) is 12.9. The van der Waals surface area contributed by atoms with Crippen molar-refractivity contribution in [2.45, 2.75) is 13.0 Å². The van der Waals surface area contributed by atoms with Gasteiger partial charge in [0.15, 0.2) is 0 Å². The van der Waals surface area contributed by atoms with E-state index in [0.29, 0.717) is 19.6 Å². The lowest BCUT2D eigenvalue weighted by molar-refractivity contribution is -0.128. The van der Waals surface area contributed by atoms with Gasteiger partial charge in [-0.15, -0.1) is 0 Å². The monoisotopic (exact) mass is 305 g/mol. The number of likely N-dealkylation sites (tertiary alicyclic amines) is 1. The van der Waals surface area contributed by atoms with Crippen LogP contribution in [0.3, 0.4) is 0 Å². The predicted molar refractivity (Wildman–Crippen MR) is 83.0 cm³/mol. The highest BCUT2D eigenvalue weighted by Gasteiger charge is 2.27. The number of benzene rings is 1. The summed E-state index contributed by atoms with van der Waals surface area (Å²) in [4.78, 5) is 26.8. The Morgan fingerprint density at radius 3 is 2.77 bits per heavy atom. The van der Waals surface area contributed by atoms with Gasteiger partial charge in [0.25, 0.3) is 0 Å². The van der Waals surface area contributed by atoms with E-state index in [1.54, 1.807) is 16.8 Å². The Bertz CT molecular complexity index is 507. The molecule has 0 spiro atoms. The number of nitrogens with zero attached hydrogens (tertiary/aromatic N) is 2. The van der Waals surface area contributed by atoms with E-state index in [2.05, 4.69) is 0 Å². The van der Waals surface area contributed by atoms with Crippen LogP contribution in [0.15, 0.2) is 30.3 Å². The normalized spacial score (nSPS) is 17.4. The maximum atomic E-state index is 12.0. The van der Waals surface area contributed by atoms with E-state index in [1.165, 1.54) is 0 Å². The average molecular weight is 305 g/mol. The maximum absolute atomic E-state index is 12.0. The Kier molecular flexibility index (Phi) is 5.77. The van der Waals surface area contributed by atoms with E-state index in [4.69, 9.17) is 10.5 Å². The predicted octanol–water partition coefficient (Wildman–Crippen LogP) is 1.06. The number of hydrogen-bond acceptors (Lipinski definition) is 4. The minimum atomic E-state index is -0.340. The van der Waals surface area contributed by atoms with Gasteiger partial charge in [0.2, 0.25) is 5.91 Å². The molecule has 1 heterocycles. The van der Waals surface area contributed by atoms with Gasteiger partial charge in [-0.05, 0) is 17.9 Å². The SMILES string of the molecule is CN(C[C@H]1CCN(C(=O)CN)C1)C(=O)OCc1ccccc1. The molecule has 1 fully saturated rings. The zero-order valence-electron chi connectivity index (χ0n) is 12.9. The van der Waals surface area contributed by atoms with Gasteiger partial charge >= 0.3 is 6.09 Å². The van der Waals surface area contributed by atoms with Gasteiger partial charge in [-0.3, -0.25) is 4.79 Å². The van der Waals surface area contributed by atoms with Gasteiger partial charge in [-0.25, -0.2) is 4.79 Å². The Hall–Kier alpha value is -2.08. The molecule has 2 amide bonds. The first-order valence-electron chi connectivity index (χ1n) is 7.49. The average Bonchev–Trinajstić information content (AvgIpc) is 3.01. The highest BCUT2D eigenvalue weighted by molar-refractivity contribution is 5.78. The molecule has 0 bridgehead atoms. The Labute approximate surface area is 130 Å². The van der Waals surface area contributed by atoms with E-state index < -0.39 is 0 Å². The molecular formula is C16H23N3O3. The third-order valence-electron chi connectivity index (χ3n) is 3.86. The zero-order chi connectivity index (χ0) is 15.9. The van der Waals surface area contributed by atoms with Crippen LogP contribution < -0.4 is 5.73 Å². The van der Waals surface area contributed by atoms with Crippen molar-refractivity contribution in [1.29, 1.82) is 0 Å². The summed E-state index contributed by atoms with van der Waals surface area (Å²) in [5, 5.41) is 0. The van der Waals surface area contributed by atoms with E-state index in [0.717, 1.165) is 12.0 Å². The van der Waals surface area contributed by atoms with Crippen LogP contribution >= 0.6 is 0 Å². The molecule has 1 aromatic carbocycles. The number of hydrogen-bond donors (Lipinski definition) is 1. The lowest BCUT2D eigenvalue weighted by Crippen LogP contribution is -2.36. The molecule has 6 nitrogen and oxygen atoms in total. The number of ether oxygens (including phenoxy) is 1. The largest absolute Gasteiger partial charge is 0.445 e. The van der Waals surface area contributed by atoms with Gasteiger partial charge in [0, 0.05) is 26.7 Å². The Morgan fingerprint density at radius 1 is 1.36 bits per heavy atom. The number of carbonyl (C=O) groups excluding carboxylic acids is 2. The molecule has 2 rings (SSSR count). The summed E-state index contributed by atoms with van der Waals surface area (Å²) in [6, 6.07) is 9.58. The molecule has 0 radical (unpaired) electrons. The number of nitrogens with two attached hydrogens (primary N) is 1. The molecule has 6 heteroatoms. The smallest absolute Gasteiger partial charge is 0.409 e. The molecule has 1 saturated heterocycles. The molecule has 0 aromatic heterocycles. The summed E-state index contributed by atoms with van der Waals surface area (Å²) in [6.07, 6.45) is 0.551. The molecule has 1 aliphatic rings. The van der Waals surface area contributed by atoms with Crippen molar-refractivity contribution in [2.75, 3.05) is 33.2 Å². The molecule has 2 N–H and O–H groups in total. The van der Waals surface area contributed by atoms with Crippen molar-refractivity contribution in [3.8, 4) is 0 Å². The van der Waals surface area contributed by atoms with Crippen LogP contribution in [0.5, 0.6) is 0 Å². The topological polar surface area (TPSA) is 75.9 Å². The van der Waals surface area contributed by atoms with Crippen LogP contribution in [-0.2, 0) is 16.1 Å². The van der Waals surface area contributed by atoms with Crippen molar-refractivity contribution < 1.29 is 14.3 Å². The quantitative estimate of drug-likeness (QED) is 0.882. The van der Waals surface area contributed by atoms with E-state index in [-0.39, 0.29) is 31.1 Å². The van der Waals surface area contributed by atoms with Crippen LogP contribution in [0.2, 0.25) is 0 Å². The first-order valence-corrected chi connectivity index (χ1v) is 7.49. The van der Waals surface area contributed by atoms with Crippen LogP contribution in [0.4, 0.5) is 4.79 Å². The van der Waals surface area contributed by atoms with E-state index in [1.807, 2.05) is 30.3 Å². The summed E-state index contributed by atoms with van der Waals surface area (Å²) in [6.45, 7) is 2.27. The van der Waals surface area contributed by atoms with Gasteiger partial charge in [-0.1, -0.05) is 30.3 Å². The summed E-state index contributed by atoms with van der Waals surface area (Å²) in [5.74, 6) is 0.251. The Balaban J connectivity index is 1.74. The van der Waals surface area contributed by atoms with Crippen molar-refractivity contribution in [3.63, 3.8) is 0 Å². The molecule has 120 valence electrons. The van der Waals surface area contributed by atoms with Crippen LogP contribution in [0, 0.1) is 5.92 Å². The second-order valence-corrected chi connectivity index (χ2v) is 5.62. The highest BCUT2D eigenvalue weighted by Crippen LogP contribution is 2.17. The molecule has 22 heavy (non-hydrogen) atoms. The standard InChI is InChI=1S/C16H23N3O3/c1-18(10-14-7-8-19(11-14)15(20)9-17)16(21)22-12-13-5-3-2-4-6-13/h2-6,14H,7-12,17H2,1H3/t14-/m1/s1. The van der Waals surface area contributed by atoms with Gasteiger partial charge < -0.3 is 20.3 Å². The van der Waals surface area contributed by atoms with Gasteiger partial charge in [0.1, 0.15) is 6.61 Å². The Morgan fingerprint density at radius 2 is 2.09 bits per heavy atom. The molecule has 0 saturated carbocycles. The minimum absolute atomic E-state index is 0.0307. The molecule has 0 unspecified atom stereocenters. The van der Waals surface area contributed by atoms with Crippen molar-refractivity contribution in [2.24, 2.45) is 11.7 Å². The second kappa shape index (κ2) is 7.79. The second-order valence-electron chi connectivity index (χ2n) is 5.62. The van der Waals surface area contributed by atoms with Gasteiger partial charge in [0.05, 0.1) is 6.54 Å². The number of rotatable bonds is 5. The molecule has 1 aliphatic heterocycles. The minimum Gasteiger partial charge on any atom is -0.445 e. The summed E-state index contributed by atoms with van der Waals surface area (Å²) in [7, 11) is 1.72. The highest BCUT2D eigenvalue weighted by atomic mass is 16.6. The third kappa shape index (κ3) is 4.46. The lowest BCUT2D eigenvalue weighted by Gasteiger charge is -2.21. The summed E-state index contributed by atoms with van der Waals surface area (Å²) < 4.78 is 5.28.